The van der Waals surface area contributed by atoms with Crippen molar-refractivity contribution in [2.24, 2.45) is 10.2 Å². The minimum atomic E-state index is -4.47. The zero-order chi connectivity index (χ0) is 30.6. The summed E-state index contributed by atoms with van der Waals surface area (Å²) in [6.07, 6.45) is 2.64. The number of nitrogens with zero attached hydrogens (tertiary/aromatic N) is 6. The second kappa shape index (κ2) is 12.5. The lowest BCUT2D eigenvalue weighted by atomic mass is 10.2. The molecule has 43 heavy (non-hydrogen) atoms. The summed E-state index contributed by atoms with van der Waals surface area (Å²) in [5, 5.41) is 15.7. The van der Waals surface area contributed by atoms with Crippen LogP contribution >= 0.6 is 23.2 Å². The third kappa shape index (κ3) is 6.59. The molecule has 3 aromatic carbocycles. The van der Waals surface area contributed by atoms with Crippen molar-refractivity contribution in [1.82, 2.24) is 20.2 Å². The first-order valence-corrected chi connectivity index (χ1v) is 14.5. The molecule has 0 radical (unpaired) electrons. The van der Waals surface area contributed by atoms with Gasteiger partial charge in [0.1, 0.15) is 0 Å². The highest BCUT2D eigenvalue weighted by atomic mass is 35.5. The maximum atomic E-state index is 13.7. The van der Waals surface area contributed by atoms with Gasteiger partial charge in [-0.1, -0.05) is 23.2 Å². The highest BCUT2D eigenvalue weighted by Gasteiger charge is 2.34. The van der Waals surface area contributed by atoms with Gasteiger partial charge >= 0.3 is 5.97 Å². The molecule has 0 fully saturated rings. The number of anilines is 1. The van der Waals surface area contributed by atoms with Crippen molar-refractivity contribution < 1.29 is 22.7 Å². The molecule has 2 aromatic heterocycles. The van der Waals surface area contributed by atoms with Gasteiger partial charge in [-0.2, -0.15) is 14.5 Å². The van der Waals surface area contributed by atoms with E-state index in [9.17, 15) is 18.0 Å². The van der Waals surface area contributed by atoms with Crippen molar-refractivity contribution in [2.45, 2.75) is 11.8 Å². The molecule has 15 heteroatoms. The van der Waals surface area contributed by atoms with Gasteiger partial charge in [0.2, 0.25) is 11.8 Å². The van der Waals surface area contributed by atoms with Crippen molar-refractivity contribution >= 4 is 62.4 Å². The summed E-state index contributed by atoms with van der Waals surface area (Å²) in [4.78, 5) is 33.6. The average Bonchev–Trinajstić information content (AvgIpc) is 3.35. The number of amides is 1. The average molecular weight is 636 g/mol. The van der Waals surface area contributed by atoms with Crippen molar-refractivity contribution in [3.05, 3.63) is 118 Å². The number of hydrogen-bond donors (Lipinski definition) is 1. The normalized spacial score (nSPS) is 11.4. The molecule has 1 amide bonds. The molecule has 0 aliphatic rings. The number of azo groups is 1. The third-order valence-corrected chi connectivity index (χ3v) is 7.99. The van der Waals surface area contributed by atoms with Gasteiger partial charge in [0.25, 0.3) is 15.9 Å². The number of aromatic nitrogens is 4. The Morgan fingerprint density at radius 2 is 1.42 bits per heavy atom. The molecule has 0 spiro atoms. The summed E-state index contributed by atoms with van der Waals surface area (Å²) in [7, 11) is -4.47. The summed E-state index contributed by atoms with van der Waals surface area (Å²) in [5.41, 5.74) is 1.16. The van der Waals surface area contributed by atoms with Crippen LogP contribution in [0.15, 0.2) is 106 Å². The first-order valence-electron chi connectivity index (χ1n) is 12.3. The minimum Gasteiger partial charge on any atom is -0.402 e. The highest BCUT2D eigenvalue weighted by Crippen LogP contribution is 2.32. The predicted octanol–water partition coefficient (Wildman–Crippen LogP) is 6.49. The Kier molecular flexibility index (Phi) is 8.57. The third-order valence-electron chi connectivity index (χ3n) is 5.81. The van der Waals surface area contributed by atoms with Gasteiger partial charge in [-0.15, -0.1) is 5.11 Å². The number of hydrogen-bond acceptors (Lipinski definition) is 10. The molecule has 5 aromatic rings. The molecule has 12 nitrogen and oxygen atoms in total. The van der Waals surface area contributed by atoms with Crippen LogP contribution in [0, 0.1) is 6.92 Å². The van der Waals surface area contributed by atoms with Gasteiger partial charge in [0.05, 0.1) is 21.8 Å². The van der Waals surface area contributed by atoms with E-state index >= 15 is 0 Å². The van der Waals surface area contributed by atoms with Crippen LogP contribution in [0.4, 0.5) is 17.3 Å². The van der Waals surface area contributed by atoms with Gasteiger partial charge in [-0.3, -0.25) is 4.79 Å². The molecule has 1 N–H and O–H groups in total. The van der Waals surface area contributed by atoms with Gasteiger partial charge in [0.15, 0.2) is 5.69 Å². The lowest BCUT2D eigenvalue weighted by Crippen LogP contribution is -2.38. The zero-order valence-electron chi connectivity index (χ0n) is 22.0. The molecule has 0 bridgehead atoms. The SMILES string of the molecule is Cc1n[nH]c(OC(=O)c2ccc(Cl)cc2)c1/N=N/c1ccc(S(=O)(=O)N(C(=O)c2ccc(Cl)cc2)c2ncccn2)cc1. The second-order valence-corrected chi connectivity index (χ2v) is 11.4. The standard InChI is InChI=1S/C28H19Cl2N7O5S/c1-17-24(25(36-33-17)42-27(39)19-5-9-21(30)10-6-19)35-34-22-11-13-23(14-12-22)43(40,41)37(28-31-15-2-16-32-28)26(38)18-3-7-20(29)8-4-18/h2-16H,1H3,(H,33,36)/b35-34+. The lowest BCUT2D eigenvalue weighted by Gasteiger charge is -2.20. The Bertz CT molecular complexity index is 1920. The maximum Gasteiger partial charge on any atom is 0.344 e. The number of carbonyl (C=O) groups is 2. The Balaban J connectivity index is 1.39. The molecular formula is C28H19Cl2N7O5S. The summed E-state index contributed by atoms with van der Waals surface area (Å²) >= 11 is 11.8. The molecular weight excluding hydrogens is 617 g/mol. The monoisotopic (exact) mass is 635 g/mol. The molecule has 5 rings (SSSR count). The van der Waals surface area contributed by atoms with E-state index in [1.165, 1.54) is 79.1 Å². The van der Waals surface area contributed by atoms with Crippen molar-refractivity contribution in [2.75, 3.05) is 4.31 Å². The first-order chi connectivity index (χ1) is 20.6. The van der Waals surface area contributed by atoms with Crippen LogP contribution in [0.3, 0.4) is 0 Å². The minimum absolute atomic E-state index is 0.0281. The summed E-state index contributed by atoms with van der Waals surface area (Å²) < 4.78 is 33.3. The Labute approximate surface area is 255 Å². The fourth-order valence-corrected chi connectivity index (χ4v) is 5.22. The van der Waals surface area contributed by atoms with Gasteiger partial charge < -0.3 is 4.74 Å². The van der Waals surface area contributed by atoms with Crippen LogP contribution in [-0.2, 0) is 10.0 Å². The van der Waals surface area contributed by atoms with E-state index in [2.05, 4.69) is 30.4 Å². The van der Waals surface area contributed by atoms with Crippen LogP contribution in [0.1, 0.15) is 26.4 Å². The molecule has 0 saturated carbocycles. The van der Waals surface area contributed by atoms with E-state index in [1.54, 1.807) is 19.1 Å². The van der Waals surface area contributed by atoms with E-state index in [0.717, 1.165) is 0 Å². The number of esters is 1. The van der Waals surface area contributed by atoms with Crippen molar-refractivity contribution in [1.29, 1.82) is 0 Å². The van der Waals surface area contributed by atoms with Crippen LogP contribution in [-0.4, -0.2) is 40.5 Å². The Morgan fingerprint density at radius 3 is 2.02 bits per heavy atom. The number of H-pyrrole nitrogens is 1. The Morgan fingerprint density at radius 1 is 0.837 bits per heavy atom. The summed E-state index contributed by atoms with van der Waals surface area (Å²) in [5.74, 6) is -1.89. The molecule has 0 aliphatic carbocycles. The largest absolute Gasteiger partial charge is 0.402 e. The fraction of sp³-hybridized carbons (Fsp3) is 0.0357. The molecule has 0 aliphatic heterocycles. The summed E-state index contributed by atoms with van der Waals surface area (Å²) in [6.45, 7) is 1.64. The number of benzene rings is 3. The number of nitrogens with one attached hydrogen (secondary N) is 1. The van der Waals surface area contributed by atoms with Crippen molar-refractivity contribution in [3.63, 3.8) is 0 Å². The Hall–Kier alpha value is -4.98. The lowest BCUT2D eigenvalue weighted by molar-refractivity contribution is 0.0728. The molecule has 0 atom stereocenters. The van der Waals surface area contributed by atoms with E-state index in [0.29, 0.717) is 20.0 Å². The number of ether oxygens (including phenoxy) is 1. The van der Waals surface area contributed by atoms with Crippen molar-refractivity contribution in [3.8, 4) is 5.88 Å². The molecule has 0 saturated heterocycles. The topological polar surface area (TPSA) is 160 Å². The smallest absolute Gasteiger partial charge is 0.344 e. The number of aromatic amines is 1. The van der Waals surface area contributed by atoms with E-state index < -0.39 is 21.9 Å². The van der Waals surface area contributed by atoms with Gasteiger partial charge in [0, 0.05) is 28.0 Å². The van der Waals surface area contributed by atoms with Gasteiger partial charge in [-0.25, -0.2) is 28.3 Å². The number of rotatable bonds is 8. The van der Waals surface area contributed by atoms with Crippen LogP contribution in [0.25, 0.3) is 0 Å². The van der Waals surface area contributed by atoms with Crippen LogP contribution in [0.2, 0.25) is 10.0 Å². The fourth-order valence-electron chi connectivity index (χ4n) is 3.64. The van der Waals surface area contributed by atoms with Crippen LogP contribution < -0.4 is 9.04 Å². The van der Waals surface area contributed by atoms with E-state index in [-0.39, 0.29) is 39.2 Å². The second-order valence-electron chi connectivity index (χ2n) is 8.71. The number of aryl methyl sites for hydroxylation is 1. The van der Waals surface area contributed by atoms with E-state index in [1.807, 2.05) is 0 Å². The quantitative estimate of drug-likeness (QED) is 0.150. The van der Waals surface area contributed by atoms with Crippen LogP contribution in [0.5, 0.6) is 5.88 Å². The highest BCUT2D eigenvalue weighted by molar-refractivity contribution is 7.93. The zero-order valence-corrected chi connectivity index (χ0v) is 24.4. The number of halogens is 2. The predicted molar refractivity (Wildman–Crippen MR) is 158 cm³/mol. The first kappa shape index (κ1) is 29.5. The number of carbonyl (C=O) groups excluding carboxylic acids is 2. The molecule has 2 heterocycles. The maximum absolute atomic E-state index is 13.7. The molecule has 216 valence electrons. The van der Waals surface area contributed by atoms with E-state index in [4.69, 9.17) is 27.9 Å². The number of sulfonamides is 1. The molecule has 0 unspecified atom stereocenters. The summed E-state index contributed by atoms with van der Waals surface area (Å²) in [6, 6.07) is 18.7. The van der Waals surface area contributed by atoms with Gasteiger partial charge in [-0.05, 0) is 85.8 Å².